The number of fused-ring (bicyclic) bond motifs is 1. The summed E-state index contributed by atoms with van der Waals surface area (Å²) in [5, 5.41) is 0.560. The van der Waals surface area contributed by atoms with Gasteiger partial charge in [0, 0.05) is 18.8 Å². The zero-order valence-corrected chi connectivity index (χ0v) is 11.0. The van der Waals surface area contributed by atoms with Crippen LogP contribution in [0.5, 0.6) is 0 Å². The third-order valence-corrected chi connectivity index (χ3v) is 3.66. The van der Waals surface area contributed by atoms with Crippen LogP contribution in [0.4, 0.5) is 15.9 Å². The molecule has 0 bridgehead atoms. The van der Waals surface area contributed by atoms with Crippen molar-refractivity contribution in [1.29, 1.82) is 0 Å². The van der Waals surface area contributed by atoms with E-state index in [4.69, 9.17) is 17.3 Å². The average Bonchev–Trinajstić information content (AvgIpc) is 2.82. The van der Waals surface area contributed by atoms with Gasteiger partial charge in [-0.25, -0.2) is 9.37 Å². The number of aromatic nitrogens is 1. The van der Waals surface area contributed by atoms with Crippen molar-refractivity contribution in [3.8, 4) is 0 Å². The highest BCUT2D eigenvalue weighted by molar-refractivity contribution is 6.31. The number of anilines is 2. The second-order valence-corrected chi connectivity index (χ2v) is 4.88. The molecule has 0 unspecified atom stereocenters. The zero-order chi connectivity index (χ0) is 13.4. The molecule has 0 saturated heterocycles. The first-order valence-electron chi connectivity index (χ1n) is 6.10. The first kappa shape index (κ1) is 12.4. The minimum Gasteiger partial charge on any atom is -0.326 e. The van der Waals surface area contributed by atoms with Crippen LogP contribution >= 0.6 is 11.6 Å². The maximum Gasteiger partial charge on any atom is 0.133 e. The van der Waals surface area contributed by atoms with Gasteiger partial charge in [-0.3, -0.25) is 0 Å². The molecule has 98 valence electrons. The van der Waals surface area contributed by atoms with Crippen molar-refractivity contribution >= 4 is 23.1 Å². The number of nitrogens with two attached hydrogens (primary N) is 1. The summed E-state index contributed by atoms with van der Waals surface area (Å²) in [6.45, 7) is 1.08. The van der Waals surface area contributed by atoms with Gasteiger partial charge in [-0.1, -0.05) is 17.7 Å². The lowest BCUT2D eigenvalue weighted by Crippen LogP contribution is -2.16. The predicted octanol–water partition coefficient (Wildman–Crippen LogP) is 3.03. The first-order chi connectivity index (χ1) is 9.19. The second-order valence-electron chi connectivity index (χ2n) is 4.48. The quantitative estimate of drug-likeness (QED) is 0.917. The minimum absolute atomic E-state index is 0.237. The molecule has 0 atom stereocenters. The van der Waals surface area contributed by atoms with E-state index >= 15 is 0 Å². The average molecular weight is 278 g/mol. The monoisotopic (exact) mass is 277 g/mol. The zero-order valence-electron chi connectivity index (χ0n) is 10.2. The third kappa shape index (κ3) is 2.17. The highest BCUT2D eigenvalue weighted by Crippen LogP contribution is 2.34. The Hall–Kier alpha value is -1.65. The normalized spacial score (nSPS) is 13.7. The van der Waals surface area contributed by atoms with Gasteiger partial charge in [0.15, 0.2) is 0 Å². The molecule has 3 nitrogen and oxygen atoms in total. The van der Waals surface area contributed by atoms with Crippen molar-refractivity contribution in [3.05, 3.63) is 52.4 Å². The van der Waals surface area contributed by atoms with Crippen LogP contribution in [0.15, 0.2) is 30.3 Å². The van der Waals surface area contributed by atoms with Crippen molar-refractivity contribution in [2.24, 2.45) is 5.73 Å². The summed E-state index contributed by atoms with van der Waals surface area (Å²) in [6.07, 6.45) is 0.887. The molecule has 1 aromatic heterocycles. The number of nitrogens with zero attached hydrogens (tertiary/aromatic N) is 2. The van der Waals surface area contributed by atoms with Crippen LogP contribution in [0.25, 0.3) is 0 Å². The Kier molecular flexibility index (Phi) is 3.12. The Balaban J connectivity index is 2.04. The molecule has 2 N–H and O–H groups in total. The molecule has 3 rings (SSSR count). The number of rotatable bonds is 2. The van der Waals surface area contributed by atoms with E-state index in [1.54, 1.807) is 12.1 Å². The van der Waals surface area contributed by atoms with Crippen LogP contribution in [0.1, 0.15) is 11.3 Å². The van der Waals surface area contributed by atoms with E-state index in [1.807, 2.05) is 17.0 Å². The van der Waals surface area contributed by atoms with E-state index in [2.05, 4.69) is 4.98 Å². The van der Waals surface area contributed by atoms with Crippen LogP contribution in [0.2, 0.25) is 5.02 Å². The fourth-order valence-corrected chi connectivity index (χ4v) is 2.54. The molecule has 0 amide bonds. The Labute approximate surface area is 115 Å². The Morgan fingerprint density at radius 2 is 2.16 bits per heavy atom. The Bertz CT molecular complexity index is 630. The smallest absolute Gasteiger partial charge is 0.133 e. The summed E-state index contributed by atoms with van der Waals surface area (Å²) < 4.78 is 13.4. The first-order valence-corrected chi connectivity index (χ1v) is 6.48. The van der Waals surface area contributed by atoms with Gasteiger partial charge >= 0.3 is 0 Å². The maximum absolute atomic E-state index is 13.4. The van der Waals surface area contributed by atoms with Crippen molar-refractivity contribution in [2.75, 3.05) is 11.4 Å². The van der Waals surface area contributed by atoms with Gasteiger partial charge in [0.05, 0.1) is 10.7 Å². The number of hydrogen-bond acceptors (Lipinski definition) is 3. The summed E-state index contributed by atoms with van der Waals surface area (Å²) in [5.41, 5.74) is 8.27. The topological polar surface area (TPSA) is 42.1 Å². The van der Waals surface area contributed by atoms with Gasteiger partial charge in [0.2, 0.25) is 0 Å². The molecular weight excluding hydrogens is 265 g/mol. The highest BCUT2D eigenvalue weighted by Gasteiger charge is 2.22. The molecule has 0 fully saturated rings. The summed E-state index contributed by atoms with van der Waals surface area (Å²) >= 11 is 6.01. The van der Waals surface area contributed by atoms with E-state index < -0.39 is 0 Å². The number of benzene rings is 1. The second kappa shape index (κ2) is 4.79. The molecule has 1 aromatic carbocycles. The summed E-state index contributed by atoms with van der Waals surface area (Å²) in [7, 11) is 0. The molecule has 1 aliphatic rings. The molecule has 2 aromatic rings. The third-order valence-electron chi connectivity index (χ3n) is 3.32. The van der Waals surface area contributed by atoms with Gasteiger partial charge in [-0.2, -0.15) is 0 Å². The SMILES string of the molecule is NCc1nc(N2CCc3ccc(F)cc32)ccc1Cl. The molecule has 19 heavy (non-hydrogen) atoms. The maximum atomic E-state index is 13.4. The lowest BCUT2D eigenvalue weighted by atomic mass is 10.2. The van der Waals surface area contributed by atoms with Crippen LogP contribution in [0, 0.1) is 5.82 Å². The molecule has 1 aliphatic heterocycles. The molecule has 0 spiro atoms. The van der Waals surface area contributed by atoms with Gasteiger partial charge in [0.25, 0.3) is 0 Å². The minimum atomic E-state index is -0.237. The fraction of sp³-hybridized carbons (Fsp3) is 0.214. The van der Waals surface area contributed by atoms with Crippen molar-refractivity contribution in [3.63, 3.8) is 0 Å². The lowest BCUT2D eigenvalue weighted by Gasteiger charge is -2.19. The summed E-state index contributed by atoms with van der Waals surface area (Å²) in [5.74, 6) is 0.521. The van der Waals surface area contributed by atoms with Gasteiger partial charge in [-0.05, 0) is 36.2 Å². The van der Waals surface area contributed by atoms with E-state index in [1.165, 1.54) is 6.07 Å². The van der Waals surface area contributed by atoms with Crippen molar-refractivity contribution in [2.45, 2.75) is 13.0 Å². The number of pyridine rings is 1. The molecule has 2 heterocycles. The molecule has 0 saturated carbocycles. The van der Waals surface area contributed by atoms with E-state index in [0.717, 1.165) is 30.0 Å². The summed E-state index contributed by atoms with van der Waals surface area (Å²) in [4.78, 5) is 6.44. The van der Waals surface area contributed by atoms with Crippen molar-refractivity contribution in [1.82, 2.24) is 4.98 Å². The van der Waals surface area contributed by atoms with Crippen LogP contribution in [-0.4, -0.2) is 11.5 Å². The molecule has 0 radical (unpaired) electrons. The van der Waals surface area contributed by atoms with Gasteiger partial charge in [-0.15, -0.1) is 0 Å². The van der Waals surface area contributed by atoms with E-state index in [9.17, 15) is 4.39 Å². The molecule has 0 aliphatic carbocycles. The number of halogens is 2. The Morgan fingerprint density at radius 3 is 2.95 bits per heavy atom. The largest absolute Gasteiger partial charge is 0.326 e. The Morgan fingerprint density at radius 1 is 1.32 bits per heavy atom. The van der Waals surface area contributed by atoms with E-state index in [0.29, 0.717) is 10.7 Å². The summed E-state index contributed by atoms with van der Waals surface area (Å²) in [6, 6.07) is 8.47. The molecule has 5 heteroatoms. The van der Waals surface area contributed by atoms with Gasteiger partial charge < -0.3 is 10.6 Å². The fourth-order valence-electron chi connectivity index (χ4n) is 2.36. The van der Waals surface area contributed by atoms with Gasteiger partial charge in [0.1, 0.15) is 11.6 Å². The van der Waals surface area contributed by atoms with Crippen LogP contribution in [0.3, 0.4) is 0 Å². The molecular formula is C14H13ClFN3. The van der Waals surface area contributed by atoms with Crippen molar-refractivity contribution < 1.29 is 4.39 Å². The highest BCUT2D eigenvalue weighted by atomic mass is 35.5. The van der Waals surface area contributed by atoms with E-state index in [-0.39, 0.29) is 12.4 Å². The van der Waals surface area contributed by atoms with Crippen LogP contribution < -0.4 is 10.6 Å². The standard InChI is InChI=1S/C14H13ClFN3/c15-11-3-4-14(18-12(11)8-17)19-6-5-9-1-2-10(16)7-13(9)19/h1-4,7H,5-6,8,17H2. The lowest BCUT2D eigenvalue weighted by molar-refractivity contribution is 0.628. The number of hydrogen-bond donors (Lipinski definition) is 1. The van der Waals surface area contributed by atoms with Crippen LogP contribution in [-0.2, 0) is 13.0 Å². The predicted molar refractivity (Wildman–Crippen MR) is 74.2 cm³/mol.